The van der Waals surface area contributed by atoms with E-state index in [0.717, 1.165) is 19.4 Å². The molecule has 0 aromatic rings. The lowest BCUT2D eigenvalue weighted by molar-refractivity contribution is -0.145. The smallest absolute Gasteiger partial charge is 0.0753 e. The van der Waals surface area contributed by atoms with Crippen molar-refractivity contribution < 1.29 is 9.47 Å². The average molecular weight is 215 g/mol. The summed E-state index contributed by atoms with van der Waals surface area (Å²) in [5.74, 6) is 0. The molecule has 2 unspecified atom stereocenters. The summed E-state index contributed by atoms with van der Waals surface area (Å²) >= 11 is 0. The van der Waals surface area contributed by atoms with Crippen LogP contribution in [0.25, 0.3) is 0 Å². The Morgan fingerprint density at radius 1 is 1.27 bits per heavy atom. The van der Waals surface area contributed by atoms with Gasteiger partial charge in [0.2, 0.25) is 0 Å². The van der Waals surface area contributed by atoms with Gasteiger partial charge in [-0.05, 0) is 47.6 Å². The highest BCUT2D eigenvalue weighted by Gasteiger charge is 2.29. The van der Waals surface area contributed by atoms with E-state index >= 15 is 0 Å². The molecule has 0 spiro atoms. The maximum Gasteiger partial charge on any atom is 0.0753 e. The molecule has 0 amide bonds. The van der Waals surface area contributed by atoms with Crippen LogP contribution in [0.4, 0.5) is 0 Å². The lowest BCUT2D eigenvalue weighted by Gasteiger charge is -2.37. The van der Waals surface area contributed by atoms with Crippen molar-refractivity contribution in [2.45, 2.75) is 64.4 Å². The van der Waals surface area contributed by atoms with Crippen LogP contribution in [0, 0.1) is 0 Å². The topological polar surface area (TPSA) is 30.5 Å². The molecule has 15 heavy (non-hydrogen) atoms. The molecule has 1 heterocycles. The predicted molar refractivity (Wildman–Crippen MR) is 62.1 cm³/mol. The number of hydrogen-bond donors (Lipinski definition) is 1. The molecule has 1 aliphatic rings. The Labute approximate surface area is 93.5 Å². The second-order valence-electron chi connectivity index (χ2n) is 5.26. The largest absolute Gasteiger partial charge is 0.375 e. The molecule has 0 aromatic heterocycles. The van der Waals surface area contributed by atoms with Crippen molar-refractivity contribution in [1.29, 1.82) is 0 Å². The van der Waals surface area contributed by atoms with Crippen molar-refractivity contribution in [2.75, 3.05) is 13.6 Å². The molecule has 1 fully saturated rings. The first-order valence-electron chi connectivity index (χ1n) is 5.91. The molecule has 0 radical (unpaired) electrons. The lowest BCUT2D eigenvalue weighted by atomic mass is 10.0. The van der Waals surface area contributed by atoms with E-state index in [-0.39, 0.29) is 5.60 Å². The minimum atomic E-state index is -0.0871. The molecule has 1 saturated heterocycles. The van der Waals surface area contributed by atoms with Gasteiger partial charge in [0.15, 0.2) is 0 Å². The van der Waals surface area contributed by atoms with Gasteiger partial charge < -0.3 is 14.8 Å². The third kappa shape index (κ3) is 4.49. The number of hydrogen-bond acceptors (Lipinski definition) is 3. The molecule has 1 aliphatic heterocycles. The van der Waals surface area contributed by atoms with Gasteiger partial charge in [-0.25, -0.2) is 0 Å². The second kappa shape index (κ2) is 5.28. The zero-order valence-electron chi connectivity index (χ0n) is 10.7. The van der Waals surface area contributed by atoms with Gasteiger partial charge in [0, 0.05) is 6.54 Å². The molecule has 0 saturated carbocycles. The van der Waals surface area contributed by atoms with Gasteiger partial charge in [-0.1, -0.05) is 0 Å². The molecule has 2 atom stereocenters. The summed E-state index contributed by atoms with van der Waals surface area (Å²) in [6, 6.07) is 0. The first-order valence-corrected chi connectivity index (χ1v) is 5.91. The van der Waals surface area contributed by atoms with E-state index in [1.54, 1.807) is 0 Å². The van der Waals surface area contributed by atoms with Gasteiger partial charge in [-0.3, -0.25) is 0 Å². The molecule has 1 N–H and O–H groups in total. The van der Waals surface area contributed by atoms with Crippen molar-refractivity contribution in [3.05, 3.63) is 0 Å². The van der Waals surface area contributed by atoms with Gasteiger partial charge in [-0.15, -0.1) is 0 Å². The third-order valence-corrected chi connectivity index (χ3v) is 2.74. The molecular weight excluding hydrogens is 190 g/mol. The Balaban J connectivity index is 2.43. The highest BCUT2D eigenvalue weighted by Crippen LogP contribution is 2.25. The molecule has 90 valence electrons. The van der Waals surface area contributed by atoms with Gasteiger partial charge in [0.05, 0.1) is 23.9 Å². The monoisotopic (exact) mass is 215 g/mol. The van der Waals surface area contributed by atoms with Gasteiger partial charge in [0.1, 0.15) is 0 Å². The van der Waals surface area contributed by atoms with Crippen molar-refractivity contribution in [3.8, 4) is 0 Å². The minimum absolute atomic E-state index is 0.0871. The zero-order chi connectivity index (χ0) is 11.5. The molecule has 3 nitrogen and oxygen atoms in total. The van der Waals surface area contributed by atoms with Crippen molar-refractivity contribution in [2.24, 2.45) is 0 Å². The highest BCUT2D eigenvalue weighted by atomic mass is 16.5. The Bertz CT molecular complexity index is 184. The van der Waals surface area contributed by atoms with Crippen LogP contribution in [0.1, 0.15) is 40.5 Å². The van der Waals surface area contributed by atoms with Crippen LogP contribution in [0.2, 0.25) is 0 Å². The summed E-state index contributed by atoms with van der Waals surface area (Å²) < 4.78 is 11.8. The maximum atomic E-state index is 6.12. The van der Waals surface area contributed by atoms with E-state index in [9.17, 15) is 0 Å². The Morgan fingerprint density at radius 2 is 1.80 bits per heavy atom. The van der Waals surface area contributed by atoms with Gasteiger partial charge >= 0.3 is 0 Å². The van der Waals surface area contributed by atoms with E-state index in [1.165, 1.54) is 0 Å². The molecule has 0 aromatic carbocycles. The summed E-state index contributed by atoms with van der Waals surface area (Å²) in [5, 5.41) is 3.16. The van der Waals surface area contributed by atoms with Crippen LogP contribution in [0.15, 0.2) is 0 Å². The first-order chi connectivity index (χ1) is 6.93. The van der Waals surface area contributed by atoms with Crippen LogP contribution in [0.3, 0.4) is 0 Å². The van der Waals surface area contributed by atoms with Crippen LogP contribution >= 0.6 is 0 Å². The van der Waals surface area contributed by atoms with Crippen LogP contribution in [0.5, 0.6) is 0 Å². The van der Waals surface area contributed by atoms with Gasteiger partial charge in [-0.2, -0.15) is 0 Å². The minimum Gasteiger partial charge on any atom is -0.375 e. The normalized spacial score (nSPS) is 33.0. The van der Waals surface area contributed by atoms with E-state index in [0.29, 0.717) is 18.3 Å². The van der Waals surface area contributed by atoms with E-state index in [2.05, 4.69) is 33.0 Å². The number of likely N-dealkylation sites (N-methyl/N-ethyl adjacent to an activating group) is 1. The van der Waals surface area contributed by atoms with Crippen molar-refractivity contribution in [3.63, 3.8) is 0 Å². The summed E-state index contributed by atoms with van der Waals surface area (Å²) in [7, 11) is 1.96. The van der Waals surface area contributed by atoms with Crippen molar-refractivity contribution >= 4 is 0 Å². The van der Waals surface area contributed by atoms with E-state index in [4.69, 9.17) is 9.47 Å². The molecule has 1 rings (SSSR count). The van der Waals surface area contributed by atoms with Gasteiger partial charge in [0.25, 0.3) is 0 Å². The highest BCUT2D eigenvalue weighted by molar-refractivity contribution is 4.79. The summed E-state index contributed by atoms with van der Waals surface area (Å²) in [6.07, 6.45) is 3.01. The fraction of sp³-hybridized carbons (Fsp3) is 1.00. The molecule has 3 heteroatoms. The Hall–Kier alpha value is -0.120. The predicted octanol–water partition coefficient (Wildman–Crippen LogP) is 1.96. The summed E-state index contributed by atoms with van der Waals surface area (Å²) in [4.78, 5) is 0. The number of ether oxygens (including phenoxy) is 2. The number of rotatable bonds is 4. The van der Waals surface area contributed by atoms with Crippen LogP contribution < -0.4 is 5.32 Å². The molecular formula is C12H25NO2. The zero-order valence-corrected chi connectivity index (χ0v) is 10.7. The lowest BCUT2D eigenvalue weighted by Crippen LogP contribution is -2.43. The summed E-state index contributed by atoms with van der Waals surface area (Å²) in [5.41, 5.74) is -0.0871. The average Bonchev–Trinajstić information content (AvgIpc) is 1.99. The first kappa shape index (κ1) is 12.9. The fourth-order valence-corrected chi connectivity index (χ4v) is 2.36. The fourth-order valence-electron chi connectivity index (χ4n) is 2.36. The SMILES string of the molecule is CNCC(C)(C)OC1CC(C)OC(C)C1. The van der Waals surface area contributed by atoms with Crippen LogP contribution in [-0.4, -0.2) is 37.5 Å². The molecule has 0 bridgehead atoms. The number of nitrogens with one attached hydrogen (secondary N) is 1. The Morgan fingerprint density at radius 3 is 2.27 bits per heavy atom. The van der Waals surface area contributed by atoms with E-state index in [1.807, 2.05) is 7.05 Å². The standard InChI is InChI=1S/C12H25NO2/c1-9-6-11(7-10(2)14-9)15-12(3,4)8-13-5/h9-11,13H,6-8H2,1-5H3. The van der Waals surface area contributed by atoms with Crippen molar-refractivity contribution in [1.82, 2.24) is 5.32 Å². The quantitative estimate of drug-likeness (QED) is 0.777. The third-order valence-electron chi connectivity index (χ3n) is 2.74. The second-order valence-corrected chi connectivity index (χ2v) is 5.26. The maximum absolute atomic E-state index is 6.12. The Kier molecular flexibility index (Phi) is 4.56. The van der Waals surface area contributed by atoms with E-state index < -0.39 is 0 Å². The molecule has 0 aliphatic carbocycles. The summed E-state index contributed by atoms with van der Waals surface area (Å²) in [6.45, 7) is 9.39. The van der Waals surface area contributed by atoms with Crippen LogP contribution in [-0.2, 0) is 9.47 Å².